The molecule has 3 atom stereocenters. The van der Waals surface area contributed by atoms with Crippen molar-refractivity contribution in [1.82, 2.24) is 5.32 Å². The lowest BCUT2D eigenvalue weighted by Gasteiger charge is -2.20. The third kappa shape index (κ3) is 2.47. The number of hydrogen-bond acceptors (Lipinski definition) is 2. The van der Waals surface area contributed by atoms with E-state index in [1.54, 1.807) is 0 Å². The second kappa shape index (κ2) is 5.79. The molecule has 1 saturated carbocycles. The zero-order valence-electron chi connectivity index (χ0n) is 12.2. The van der Waals surface area contributed by atoms with Crippen molar-refractivity contribution in [1.29, 1.82) is 0 Å². The molecule has 0 amide bonds. The molecule has 1 fully saturated rings. The van der Waals surface area contributed by atoms with Crippen LogP contribution >= 0.6 is 11.6 Å². The van der Waals surface area contributed by atoms with Gasteiger partial charge in [0.1, 0.15) is 5.76 Å². The standard InChI is InChI=1S/C17H22ClNO/c1-3-9-19-15-8-7-13(11(15)2)16-10-12-5-4-6-14(18)17(12)20-16/h4-6,10-11,13,15,19H,3,7-9H2,1-2H3. The first-order chi connectivity index (χ1) is 9.70. The van der Waals surface area contributed by atoms with Crippen LogP contribution < -0.4 is 5.32 Å². The minimum atomic E-state index is 0.507. The van der Waals surface area contributed by atoms with Crippen molar-refractivity contribution in [2.45, 2.75) is 45.1 Å². The topological polar surface area (TPSA) is 25.2 Å². The largest absolute Gasteiger partial charge is 0.459 e. The Kier molecular flexibility index (Phi) is 4.04. The SMILES string of the molecule is CCCNC1CCC(c2cc3cccc(Cl)c3o2)C1C. The molecule has 0 aliphatic heterocycles. The van der Waals surface area contributed by atoms with E-state index in [2.05, 4.69) is 31.3 Å². The van der Waals surface area contributed by atoms with E-state index < -0.39 is 0 Å². The number of para-hydroxylation sites is 1. The minimum Gasteiger partial charge on any atom is -0.459 e. The van der Waals surface area contributed by atoms with Crippen LogP contribution in [0.5, 0.6) is 0 Å². The molecule has 2 aromatic rings. The van der Waals surface area contributed by atoms with E-state index in [1.807, 2.05) is 12.1 Å². The fourth-order valence-corrected chi connectivity index (χ4v) is 3.63. The van der Waals surface area contributed by atoms with Gasteiger partial charge in [-0.15, -0.1) is 0 Å². The number of rotatable bonds is 4. The summed E-state index contributed by atoms with van der Waals surface area (Å²) >= 11 is 6.20. The summed E-state index contributed by atoms with van der Waals surface area (Å²) in [5.41, 5.74) is 0.835. The third-order valence-electron chi connectivity index (χ3n) is 4.60. The van der Waals surface area contributed by atoms with E-state index in [0.717, 1.165) is 23.3 Å². The Morgan fingerprint density at radius 3 is 2.95 bits per heavy atom. The second-order valence-corrected chi connectivity index (χ2v) is 6.32. The summed E-state index contributed by atoms with van der Waals surface area (Å²) in [6, 6.07) is 8.73. The lowest BCUT2D eigenvalue weighted by Crippen LogP contribution is -2.32. The molecule has 1 aliphatic carbocycles. The van der Waals surface area contributed by atoms with Crippen LogP contribution in [0.2, 0.25) is 5.02 Å². The van der Waals surface area contributed by atoms with E-state index in [4.69, 9.17) is 16.0 Å². The van der Waals surface area contributed by atoms with Crippen LogP contribution in [-0.4, -0.2) is 12.6 Å². The van der Waals surface area contributed by atoms with Crippen LogP contribution in [0.25, 0.3) is 11.0 Å². The first-order valence-corrected chi connectivity index (χ1v) is 8.00. The summed E-state index contributed by atoms with van der Waals surface area (Å²) < 4.78 is 6.05. The van der Waals surface area contributed by atoms with Gasteiger partial charge in [0.15, 0.2) is 5.58 Å². The fraction of sp³-hybridized carbons (Fsp3) is 0.529. The summed E-state index contributed by atoms with van der Waals surface area (Å²) in [7, 11) is 0. The molecule has 3 heteroatoms. The van der Waals surface area contributed by atoms with Gasteiger partial charge in [-0.1, -0.05) is 37.6 Å². The number of benzene rings is 1. The van der Waals surface area contributed by atoms with Gasteiger partial charge >= 0.3 is 0 Å². The van der Waals surface area contributed by atoms with Gasteiger partial charge in [-0.3, -0.25) is 0 Å². The zero-order chi connectivity index (χ0) is 14.1. The molecule has 108 valence electrons. The molecule has 0 spiro atoms. The number of nitrogens with one attached hydrogen (secondary N) is 1. The Bertz CT molecular complexity index is 592. The number of fused-ring (bicyclic) bond motifs is 1. The van der Waals surface area contributed by atoms with Crippen molar-refractivity contribution in [3.8, 4) is 0 Å². The van der Waals surface area contributed by atoms with Crippen molar-refractivity contribution in [2.24, 2.45) is 5.92 Å². The Labute approximate surface area is 125 Å². The number of halogens is 1. The summed E-state index contributed by atoms with van der Waals surface area (Å²) in [6.45, 7) is 5.65. The van der Waals surface area contributed by atoms with E-state index >= 15 is 0 Å². The predicted molar refractivity (Wildman–Crippen MR) is 84.4 cm³/mol. The normalized spacial score (nSPS) is 26.4. The maximum atomic E-state index is 6.20. The quantitative estimate of drug-likeness (QED) is 0.860. The van der Waals surface area contributed by atoms with Crippen LogP contribution in [0, 0.1) is 5.92 Å². The molecule has 3 rings (SSSR count). The molecule has 1 aromatic carbocycles. The molecule has 3 unspecified atom stereocenters. The van der Waals surface area contributed by atoms with Gasteiger partial charge in [0, 0.05) is 17.3 Å². The lowest BCUT2D eigenvalue weighted by atomic mass is 9.93. The highest BCUT2D eigenvalue weighted by Gasteiger charge is 2.35. The average molecular weight is 292 g/mol. The van der Waals surface area contributed by atoms with Gasteiger partial charge in [-0.2, -0.15) is 0 Å². The summed E-state index contributed by atoms with van der Waals surface area (Å²) in [6.07, 6.45) is 3.62. The molecule has 1 aromatic heterocycles. The lowest BCUT2D eigenvalue weighted by molar-refractivity contribution is 0.374. The minimum absolute atomic E-state index is 0.507. The van der Waals surface area contributed by atoms with Crippen molar-refractivity contribution in [2.75, 3.05) is 6.54 Å². The molecule has 0 radical (unpaired) electrons. The molecule has 0 saturated heterocycles. The molecule has 0 bridgehead atoms. The molecule has 2 nitrogen and oxygen atoms in total. The summed E-state index contributed by atoms with van der Waals surface area (Å²) in [4.78, 5) is 0. The maximum absolute atomic E-state index is 6.20. The highest BCUT2D eigenvalue weighted by atomic mass is 35.5. The molecule has 1 heterocycles. The molecule has 1 aliphatic rings. The van der Waals surface area contributed by atoms with Crippen LogP contribution in [0.3, 0.4) is 0 Å². The Morgan fingerprint density at radius 1 is 1.35 bits per heavy atom. The summed E-state index contributed by atoms with van der Waals surface area (Å²) in [5.74, 6) is 2.22. The van der Waals surface area contributed by atoms with E-state index in [9.17, 15) is 0 Å². The van der Waals surface area contributed by atoms with Crippen LogP contribution in [0.1, 0.15) is 44.8 Å². The van der Waals surface area contributed by atoms with Crippen molar-refractivity contribution >= 4 is 22.6 Å². The van der Waals surface area contributed by atoms with Gasteiger partial charge in [0.25, 0.3) is 0 Å². The van der Waals surface area contributed by atoms with Crippen molar-refractivity contribution in [3.05, 3.63) is 35.0 Å². The van der Waals surface area contributed by atoms with Crippen LogP contribution in [0.15, 0.2) is 28.7 Å². The first kappa shape index (κ1) is 14.0. The zero-order valence-corrected chi connectivity index (χ0v) is 12.9. The molecule has 20 heavy (non-hydrogen) atoms. The average Bonchev–Trinajstić information content (AvgIpc) is 3.01. The number of hydrogen-bond donors (Lipinski definition) is 1. The van der Waals surface area contributed by atoms with Gasteiger partial charge in [-0.05, 0) is 43.9 Å². The van der Waals surface area contributed by atoms with E-state index in [0.29, 0.717) is 22.9 Å². The second-order valence-electron chi connectivity index (χ2n) is 5.91. The Balaban J connectivity index is 1.83. The van der Waals surface area contributed by atoms with Gasteiger partial charge in [0.2, 0.25) is 0 Å². The van der Waals surface area contributed by atoms with E-state index in [-0.39, 0.29) is 0 Å². The smallest absolute Gasteiger partial charge is 0.152 e. The Hall–Kier alpha value is -0.990. The van der Waals surface area contributed by atoms with Gasteiger partial charge in [0.05, 0.1) is 5.02 Å². The number of furan rings is 1. The maximum Gasteiger partial charge on any atom is 0.152 e. The van der Waals surface area contributed by atoms with Gasteiger partial charge in [-0.25, -0.2) is 0 Å². The fourth-order valence-electron chi connectivity index (χ4n) is 3.41. The highest BCUT2D eigenvalue weighted by Crippen LogP contribution is 2.42. The molecule has 1 N–H and O–H groups in total. The van der Waals surface area contributed by atoms with Crippen molar-refractivity contribution in [3.63, 3.8) is 0 Å². The monoisotopic (exact) mass is 291 g/mol. The molecular weight excluding hydrogens is 270 g/mol. The van der Waals surface area contributed by atoms with Gasteiger partial charge < -0.3 is 9.73 Å². The highest BCUT2D eigenvalue weighted by molar-refractivity contribution is 6.34. The predicted octanol–water partition coefficient (Wildman–Crippen LogP) is 4.97. The van der Waals surface area contributed by atoms with Crippen LogP contribution in [-0.2, 0) is 0 Å². The van der Waals surface area contributed by atoms with Crippen LogP contribution in [0.4, 0.5) is 0 Å². The third-order valence-corrected chi connectivity index (χ3v) is 4.89. The summed E-state index contributed by atoms with van der Waals surface area (Å²) in [5, 5.41) is 5.48. The Morgan fingerprint density at radius 2 is 2.20 bits per heavy atom. The van der Waals surface area contributed by atoms with E-state index in [1.165, 1.54) is 19.3 Å². The van der Waals surface area contributed by atoms with Crippen molar-refractivity contribution < 1.29 is 4.42 Å². The first-order valence-electron chi connectivity index (χ1n) is 7.62. The molecular formula is C17H22ClNO.